The topological polar surface area (TPSA) is 72.9 Å². The number of hydrogen-bond donors (Lipinski definition) is 2. The van der Waals surface area contributed by atoms with Gasteiger partial charge in [-0.2, -0.15) is 5.10 Å². The molecule has 0 unspecified atom stereocenters. The van der Waals surface area contributed by atoms with Gasteiger partial charge in [-0.3, -0.25) is 4.79 Å². The summed E-state index contributed by atoms with van der Waals surface area (Å²) in [4.78, 5) is 12.1. The van der Waals surface area contributed by atoms with Gasteiger partial charge >= 0.3 is 0 Å². The number of hydrogen-bond acceptors (Lipinski definition) is 3. The van der Waals surface area contributed by atoms with Crippen LogP contribution in [0.1, 0.15) is 36.2 Å². The van der Waals surface area contributed by atoms with Gasteiger partial charge in [0.05, 0.1) is 11.4 Å². The fraction of sp³-hybridized carbons (Fsp3) is 0.375. The van der Waals surface area contributed by atoms with Gasteiger partial charge in [-0.1, -0.05) is 25.0 Å². The van der Waals surface area contributed by atoms with Crippen molar-refractivity contribution in [2.24, 2.45) is 5.92 Å². The molecule has 5 heteroatoms. The van der Waals surface area contributed by atoms with Crippen LogP contribution in [-0.2, 0) is 0 Å². The number of carbonyl (C=O) groups is 1. The molecule has 3 rings (SSSR count). The average Bonchev–Trinajstić information content (AvgIpc) is 3.17. The standard InChI is InChI=1S/C16H20N4O/c17-13-7-3-4-8-15(13)20-10-9-14(19-20)16(21)18-11-12-5-1-2-6-12/h3-4,7-10,12H,1-2,5-6,11,17H2,(H,18,21). The summed E-state index contributed by atoms with van der Waals surface area (Å²) >= 11 is 0. The Balaban J connectivity index is 1.66. The third-order valence-electron chi connectivity index (χ3n) is 4.03. The Labute approximate surface area is 124 Å². The molecule has 0 radical (unpaired) electrons. The first-order chi connectivity index (χ1) is 10.2. The Morgan fingerprint density at radius 2 is 2.05 bits per heavy atom. The maximum atomic E-state index is 12.1. The van der Waals surface area contributed by atoms with Crippen molar-refractivity contribution in [1.82, 2.24) is 15.1 Å². The summed E-state index contributed by atoms with van der Waals surface area (Å²) < 4.78 is 1.64. The molecule has 0 bridgehead atoms. The predicted molar refractivity (Wildman–Crippen MR) is 82.3 cm³/mol. The summed E-state index contributed by atoms with van der Waals surface area (Å²) in [6.07, 6.45) is 6.76. The SMILES string of the molecule is Nc1ccccc1-n1ccc(C(=O)NCC2CCCC2)n1. The molecule has 21 heavy (non-hydrogen) atoms. The van der Waals surface area contributed by atoms with Crippen LogP contribution in [0.5, 0.6) is 0 Å². The largest absolute Gasteiger partial charge is 0.397 e. The Morgan fingerprint density at radius 3 is 2.81 bits per heavy atom. The molecule has 0 saturated heterocycles. The Bertz CT molecular complexity index is 629. The minimum absolute atomic E-state index is 0.116. The first-order valence-corrected chi connectivity index (χ1v) is 7.43. The molecule has 0 aliphatic heterocycles. The molecule has 2 aromatic rings. The second-order valence-electron chi connectivity index (χ2n) is 5.56. The minimum Gasteiger partial charge on any atom is -0.397 e. The van der Waals surface area contributed by atoms with E-state index in [1.807, 2.05) is 24.3 Å². The first kappa shape index (κ1) is 13.7. The first-order valence-electron chi connectivity index (χ1n) is 7.43. The van der Waals surface area contributed by atoms with E-state index in [-0.39, 0.29) is 5.91 Å². The summed E-state index contributed by atoms with van der Waals surface area (Å²) in [5.74, 6) is 0.510. The molecular weight excluding hydrogens is 264 g/mol. The van der Waals surface area contributed by atoms with Crippen LogP contribution >= 0.6 is 0 Å². The van der Waals surface area contributed by atoms with E-state index in [0.717, 1.165) is 12.2 Å². The molecule has 1 amide bonds. The summed E-state index contributed by atoms with van der Waals surface area (Å²) in [6.45, 7) is 0.749. The molecule has 3 N–H and O–H groups in total. The van der Waals surface area contributed by atoms with Crippen LogP contribution in [0.2, 0.25) is 0 Å². The highest BCUT2D eigenvalue weighted by Crippen LogP contribution is 2.23. The van der Waals surface area contributed by atoms with Gasteiger partial charge in [0.1, 0.15) is 0 Å². The third kappa shape index (κ3) is 3.07. The van der Waals surface area contributed by atoms with E-state index in [0.29, 0.717) is 17.3 Å². The Morgan fingerprint density at radius 1 is 1.29 bits per heavy atom. The van der Waals surface area contributed by atoms with Crippen molar-refractivity contribution in [1.29, 1.82) is 0 Å². The van der Waals surface area contributed by atoms with E-state index in [1.165, 1.54) is 25.7 Å². The number of amides is 1. The third-order valence-corrected chi connectivity index (χ3v) is 4.03. The molecule has 1 fully saturated rings. The molecule has 5 nitrogen and oxygen atoms in total. The number of nitrogens with two attached hydrogens (primary N) is 1. The van der Waals surface area contributed by atoms with Gasteiger partial charge in [-0.25, -0.2) is 4.68 Å². The molecule has 1 aromatic carbocycles. The van der Waals surface area contributed by atoms with Crippen molar-refractivity contribution in [2.75, 3.05) is 12.3 Å². The van der Waals surface area contributed by atoms with Crippen LogP contribution in [0.3, 0.4) is 0 Å². The van der Waals surface area contributed by atoms with Crippen LogP contribution in [-0.4, -0.2) is 22.2 Å². The summed E-state index contributed by atoms with van der Waals surface area (Å²) in [7, 11) is 0. The van der Waals surface area contributed by atoms with Crippen molar-refractivity contribution >= 4 is 11.6 Å². The lowest BCUT2D eigenvalue weighted by Crippen LogP contribution is -2.28. The van der Waals surface area contributed by atoms with E-state index in [4.69, 9.17) is 5.73 Å². The molecule has 1 aliphatic rings. The maximum Gasteiger partial charge on any atom is 0.271 e. The van der Waals surface area contributed by atoms with E-state index >= 15 is 0 Å². The minimum atomic E-state index is -0.116. The molecule has 1 heterocycles. The second-order valence-corrected chi connectivity index (χ2v) is 5.56. The van der Waals surface area contributed by atoms with Gasteiger partial charge in [0.15, 0.2) is 5.69 Å². The lowest BCUT2D eigenvalue weighted by Gasteiger charge is -2.09. The highest BCUT2D eigenvalue weighted by molar-refractivity contribution is 5.92. The van der Waals surface area contributed by atoms with Crippen LogP contribution in [0.25, 0.3) is 5.69 Å². The number of para-hydroxylation sites is 2. The van der Waals surface area contributed by atoms with Crippen molar-refractivity contribution in [3.63, 3.8) is 0 Å². The molecule has 0 spiro atoms. The normalized spacial score (nSPS) is 15.2. The number of benzene rings is 1. The zero-order chi connectivity index (χ0) is 14.7. The highest BCUT2D eigenvalue weighted by atomic mass is 16.1. The molecule has 0 atom stereocenters. The average molecular weight is 284 g/mol. The lowest BCUT2D eigenvalue weighted by molar-refractivity contribution is 0.0942. The molecular formula is C16H20N4O. The van der Waals surface area contributed by atoms with Crippen LogP contribution < -0.4 is 11.1 Å². The van der Waals surface area contributed by atoms with Gasteiger partial charge in [0, 0.05) is 12.7 Å². The van der Waals surface area contributed by atoms with Crippen molar-refractivity contribution in [2.45, 2.75) is 25.7 Å². The zero-order valence-corrected chi connectivity index (χ0v) is 12.0. The number of rotatable bonds is 4. The van der Waals surface area contributed by atoms with Crippen molar-refractivity contribution in [3.05, 3.63) is 42.2 Å². The summed E-state index contributed by atoms with van der Waals surface area (Å²) in [5, 5.41) is 7.29. The van der Waals surface area contributed by atoms with E-state index in [9.17, 15) is 4.79 Å². The van der Waals surface area contributed by atoms with Crippen molar-refractivity contribution < 1.29 is 4.79 Å². The van der Waals surface area contributed by atoms with Gasteiger partial charge in [-0.05, 0) is 37.0 Å². The van der Waals surface area contributed by atoms with Gasteiger partial charge in [0.2, 0.25) is 0 Å². The number of anilines is 1. The predicted octanol–water partition coefficient (Wildman–Crippen LogP) is 2.37. The number of aromatic nitrogens is 2. The van der Waals surface area contributed by atoms with Crippen LogP contribution in [0, 0.1) is 5.92 Å². The van der Waals surface area contributed by atoms with Crippen LogP contribution in [0.4, 0.5) is 5.69 Å². The second kappa shape index (κ2) is 5.99. The number of nitrogens with zero attached hydrogens (tertiary/aromatic N) is 2. The Hall–Kier alpha value is -2.30. The lowest BCUT2D eigenvalue weighted by atomic mass is 10.1. The molecule has 1 aromatic heterocycles. The van der Waals surface area contributed by atoms with Gasteiger partial charge < -0.3 is 11.1 Å². The van der Waals surface area contributed by atoms with E-state index < -0.39 is 0 Å². The molecule has 1 saturated carbocycles. The van der Waals surface area contributed by atoms with E-state index in [1.54, 1.807) is 16.9 Å². The number of nitrogen functional groups attached to an aromatic ring is 1. The quantitative estimate of drug-likeness (QED) is 0.847. The maximum absolute atomic E-state index is 12.1. The monoisotopic (exact) mass is 284 g/mol. The number of nitrogens with one attached hydrogen (secondary N) is 1. The smallest absolute Gasteiger partial charge is 0.271 e. The summed E-state index contributed by atoms with van der Waals surface area (Å²) in [6, 6.07) is 9.18. The van der Waals surface area contributed by atoms with Crippen molar-refractivity contribution in [3.8, 4) is 5.69 Å². The zero-order valence-electron chi connectivity index (χ0n) is 12.0. The van der Waals surface area contributed by atoms with E-state index in [2.05, 4.69) is 10.4 Å². The summed E-state index contributed by atoms with van der Waals surface area (Å²) in [5.41, 5.74) is 7.77. The van der Waals surface area contributed by atoms with Gasteiger partial charge in [-0.15, -0.1) is 0 Å². The fourth-order valence-corrected chi connectivity index (χ4v) is 2.82. The molecule has 1 aliphatic carbocycles. The molecule has 110 valence electrons. The van der Waals surface area contributed by atoms with Crippen LogP contribution in [0.15, 0.2) is 36.5 Å². The Kier molecular flexibility index (Phi) is 3.90. The highest BCUT2D eigenvalue weighted by Gasteiger charge is 2.17. The fourth-order valence-electron chi connectivity index (χ4n) is 2.82. The number of carbonyl (C=O) groups excluding carboxylic acids is 1. The van der Waals surface area contributed by atoms with Gasteiger partial charge in [0.25, 0.3) is 5.91 Å².